The zero-order chi connectivity index (χ0) is 21.7. The largest absolute Gasteiger partial charge is 0.486 e. The van der Waals surface area contributed by atoms with Gasteiger partial charge in [-0.25, -0.2) is 4.79 Å². The number of hydrogen-bond acceptors (Lipinski definition) is 9. The number of furan rings is 1. The van der Waals surface area contributed by atoms with Gasteiger partial charge in [-0.3, -0.25) is 0 Å². The Hall–Kier alpha value is -3.69. The number of hydrogen-bond donors (Lipinski definition) is 1. The van der Waals surface area contributed by atoms with Crippen LogP contribution in [-0.4, -0.2) is 33.0 Å². The number of benzene rings is 2. The first-order valence-corrected chi connectivity index (χ1v) is 10.7. The van der Waals surface area contributed by atoms with Crippen molar-refractivity contribution >= 4 is 34.3 Å². The molecule has 2 aromatic carbocycles. The minimum Gasteiger partial charge on any atom is -0.486 e. The van der Waals surface area contributed by atoms with Crippen molar-refractivity contribution in [3.05, 3.63) is 77.3 Å². The Bertz CT molecular complexity index is 1380. The van der Waals surface area contributed by atoms with Gasteiger partial charge in [0.2, 0.25) is 0 Å². The van der Waals surface area contributed by atoms with Gasteiger partial charge in [-0.2, -0.15) is 8.75 Å². The lowest BCUT2D eigenvalue weighted by molar-refractivity contribution is -0.185. The molecule has 0 bridgehead atoms. The van der Waals surface area contributed by atoms with Crippen molar-refractivity contribution in [2.75, 3.05) is 13.2 Å². The van der Waals surface area contributed by atoms with Gasteiger partial charge in [-0.05, 0) is 48.0 Å². The van der Waals surface area contributed by atoms with Crippen LogP contribution >= 0.6 is 11.7 Å². The third kappa shape index (κ3) is 2.97. The summed E-state index contributed by atoms with van der Waals surface area (Å²) in [6.07, 6.45) is 1.72. The number of esters is 1. The summed E-state index contributed by atoms with van der Waals surface area (Å²) in [6.45, 7) is 0.851. The summed E-state index contributed by atoms with van der Waals surface area (Å²) in [5.74, 6) is -0.982. The Labute approximate surface area is 186 Å². The minimum absolute atomic E-state index is 0.173. The van der Waals surface area contributed by atoms with Crippen LogP contribution in [0.1, 0.15) is 16.9 Å². The standard InChI is InChI=1S/C23H16N2O6S/c26-22-21(13-3-5-17-18(10-13)25-32-24-17)16(12-15-2-1-7-28-15)23(27,31-22)14-4-6-19-20(11-14)30-9-8-29-19/h1-7,10-11,27H,8-9,12H2. The molecule has 0 fully saturated rings. The Morgan fingerprint density at radius 3 is 2.69 bits per heavy atom. The number of cyclic esters (lactones) is 1. The Balaban J connectivity index is 1.53. The van der Waals surface area contributed by atoms with E-state index >= 15 is 0 Å². The molecule has 0 spiro atoms. The first-order valence-electron chi connectivity index (χ1n) is 9.96. The molecular formula is C23H16N2O6S. The van der Waals surface area contributed by atoms with Crippen LogP contribution in [0.3, 0.4) is 0 Å². The maximum Gasteiger partial charge on any atom is 0.342 e. The van der Waals surface area contributed by atoms with Crippen LogP contribution in [0.25, 0.3) is 16.6 Å². The van der Waals surface area contributed by atoms with E-state index in [0.29, 0.717) is 52.7 Å². The van der Waals surface area contributed by atoms with Crippen molar-refractivity contribution in [3.8, 4) is 11.5 Å². The fraction of sp³-hybridized carbons (Fsp3) is 0.174. The molecule has 1 unspecified atom stereocenters. The van der Waals surface area contributed by atoms with Crippen molar-refractivity contribution < 1.29 is 28.5 Å². The molecule has 0 saturated carbocycles. The maximum atomic E-state index is 13.1. The van der Waals surface area contributed by atoms with Crippen LogP contribution in [0.15, 0.2) is 64.8 Å². The van der Waals surface area contributed by atoms with Crippen molar-refractivity contribution in [3.63, 3.8) is 0 Å². The average molecular weight is 448 g/mol. The number of ether oxygens (including phenoxy) is 3. The molecule has 160 valence electrons. The third-order valence-corrected chi connectivity index (χ3v) is 6.12. The molecular weight excluding hydrogens is 432 g/mol. The van der Waals surface area contributed by atoms with Crippen LogP contribution in [-0.2, 0) is 21.7 Å². The topological polar surface area (TPSA) is 104 Å². The summed E-state index contributed by atoms with van der Waals surface area (Å²) < 4.78 is 30.8. The predicted molar refractivity (Wildman–Crippen MR) is 114 cm³/mol. The van der Waals surface area contributed by atoms with Crippen LogP contribution in [0.2, 0.25) is 0 Å². The molecule has 1 N–H and O–H groups in total. The number of carbonyl (C=O) groups excluding carboxylic acids is 1. The highest BCUT2D eigenvalue weighted by atomic mass is 32.1. The van der Waals surface area contributed by atoms with Gasteiger partial charge < -0.3 is 23.7 Å². The fourth-order valence-electron chi connectivity index (χ4n) is 4.05. The fourth-order valence-corrected chi connectivity index (χ4v) is 4.57. The lowest BCUT2D eigenvalue weighted by Crippen LogP contribution is -2.30. The summed E-state index contributed by atoms with van der Waals surface area (Å²) in [5, 5.41) is 11.7. The van der Waals surface area contributed by atoms with E-state index in [2.05, 4.69) is 8.75 Å². The molecule has 4 aromatic rings. The summed E-state index contributed by atoms with van der Waals surface area (Å²) in [6, 6.07) is 13.9. The van der Waals surface area contributed by atoms with Crippen LogP contribution in [0, 0.1) is 0 Å². The molecule has 1 atom stereocenters. The van der Waals surface area contributed by atoms with E-state index in [9.17, 15) is 9.90 Å². The molecule has 2 aliphatic rings. The summed E-state index contributed by atoms with van der Waals surface area (Å²) in [5.41, 5.74) is 3.00. The van der Waals surface area contributed by atoms with Crippen molar-refractivity contribution in [1.29, 1.82) is 0 Å². The quantitative estimate of drug-likeness (QED) is 0.474. The first kappa shape index (κ1) is 19.0. The van der Waals surface area contributed by atoms with Gasteiger partial charge in [0, 0.05) is 17.6 Å². The molecule has 9 heteroatoms. The maximum absolute atomic E-state index is 13.1. The van der Waals surface area contributed by atoms with Crippen LogP contribution < -0.4 is 9.47 Å². The van der Waals surface area contributed by atoms with Crippen LogP contribution in [0.5, 0.6) is 11.5 Å². The van der Waals surface area contributed by atoms with Crippen molar-refractivity contribution in [2.24, 2.45) is 0 Å². The Morgan fingerprint density at radius 2 is 1.84 bits per heavy atom. The molecule has 2 aromatic heterocycles. The van der Waals surface area contributed by atoms with Gasteiger partial charge in [-0.15, -0.1) is 0 Å². The zero-order valence-electron chi connectivity index (χ0n) is 16.6. The highest BCUT2D eigenvalue weighted by Gasteiger charge is 2.48. The van der Waals surface area contributed by atoms with Gasteiger partial charge in [-0.1, -0.05) is 6.07 Å². The van der Waals surface area contributed by atoms with E-state index in [1.165, 1.54) is 0 Å². The van der Waals surface area contributed by atoms with E-state index in [-0.39, 0.29) is 12.0 Å². The number of rotatable bonds is 4. The molecule has 0 amide bonds. The number of nitrogens with zero attached hydrogens (tertiary/aromatic N) is 2. The van der Waals surface area contributed by atoms with E-state index < -0.39 is 11.8 Å². The Kier molecular flexibility index (Phi) is 4.27. The number of aromatic nitrogens is 2. The van der Waals surface area contributed by atoms with E-state index in [1.807, 2.05) is 0 Å². The molecule has 4 heterocycles. The van der Waals surface area contributed by atoms with E-state index in [4.69, 9.17) is 18.6 Å². The molecule has 32 heavy (non-hydrogen) atoms. The second-order valence-corrected chi connectivity index (χ2v) is 8.00. The van der Waals surface area contributed by atoms with Gasteiger partial charge in [0.1, 0.15) is 30.0 Å². The lowest BCUT2D eigenvalue weighted by Gasteiger charge is -2.27. The molecule has 6 rings (SSSR count). The number of carbonyl (C=O) groups is 1. The number of fused-ring (bicyclic) bond motifs is 2. The van der Waals surface area contributed by atoms with Gasteiger partial charge >= 0.3 is 5.97 Å². The Morgan fingerprint density at radius 1 is 1.00 bits per heavy atom. The second-order valence-electron chi connectivity index (χ2n) is 7.47. The van der Waals surface area contributed by atoms with E-state index in [1.54, 1.807) is 54.8 Å². The minimum atomic E-state index is -2.00. The summed E-state index contributed by atoms with van der Waals surface area (Å²) >= 11 is 1.10. The first-order chi connectivity index (χ1) is 15.6. The highest BCUT2D eigenvalue weighted by molar-refractivity contribution is 7.00. The lowest BCUT2D eigenvalue weighted by atomic mass is 9.89. The molecule has 0 aliphatic carbocycles. The summed E-state index contributed by atoms with van der Waals surface area (Å²) in [7, 11) is 0. The van der Waals surface area contributed by atoms with Gasteiger partial charge in [0.25, 0.3) is 5.79 Å². The summed E-state index contributed by atoms with van der Waals surface area (Å²) in [4.78, 5) is 13.1. The predicted octanol–water partition coefficient (Wildman–Crippen LogP) is 3.45. The monoisotopic (exact) mass is 448 g/mol. The van der Waals surface area contributed by atoms with E-state index in [0.717, 1.165) is 17.2 Å². The SMILES string of the molecule is O=C1OC(O)(c2ccc3c(c2)OCCO3)C(Cc2ccco2)=C1c1ccc2nsnc2c1. The van der Waals surface area contributed by atoms with Crippen molar-refractivity contribution in [2.45, 2.75) is 12.2 Å². The number of aliphatic hydroxyl groups is 1. The average Bonchev–Trinajstić information content (AvgIpc) is 3.54. The molecule has 8 nitrogen and oxygen atoms in total. The highest BCUT2D eigenvalue weighted by Crippen LogP contribution is 2.46. The van der Waals surface area contributed by atoms with Crippen LogP contribution in [0.4, 0.5) is 0 Å². The third-order valence-electron chi connectivity index (χ3n) is 5.56. The zero-order valence-corrected chi connectivity index (χ0v) is 17.4. The molecule has 2 aliphatic heterocycles. The van der Waals surface area contributed by atoms with Gasteiger partial charge in [0.05, 0.1) is 23.6 Å². The molecule has 0 saturated heterocycles. The smallest absolute Gasteiger partial charge is 0.342 e. The van der Waals surface area contributed by atoms with Crippen molar-refractivity contribution in [1.82, 2.24) is 8.75 Å². The normalized spacial score (nSPS) is 20.1. The van der Waals surface area contributed by atoms with Gasteiger partial charge in [0.15, 0.2) is 11.5 Å². The molecule has 0 radical (unpaired) electrons. The second kappa shape index (κ2) is 7.18.